The highest BCUT2D eigenvalue weighted by molar-refractivity contribution is 5.65. The van der Waals surface area contributed by atoms with Crippen molar-refractivity contribution >= 4 is 5.65 Å². The first-order valence-electron chi connectivity index (χ1n) is 9.58. The largest absolute Gasteiger partial charge is 0.454 e. The van der Waals surface area contributed by atoms with E-state index < -0.39 is 0 Å². The Bertz CT molecular complexity index is 1090. The van der Waals surface area contributed by atoms with Crippen LogP contribution in [-0.4, -0.2) is 27.7 Å². The Labute approximate surface area is 162 Å². The summed E-state index contributed by atoms with van der Waals surface area (Å²) in [6.07, 6.45) is 6.36. The Morgan fingerprint density at radius 2 is 1.82 bits per heavy atom. The van der Waals surface area contributed by atoms with E-state index in [-0.39, 0.29) is 11.6 Å². The van der Waals surface area contributed by atoms with Crippen molar-refractivity contribution in [3.8, 4) is 22.8 Å². The number of imidazole rings is 1. The summed E-state index contributed by atoms with van der Waals surface area (Å²) in [5.41, 5.74) is 4.18. The lowest BCUT2D eigenvalue weighted by Gasteiger charge is -2.21. The first-order valence-corrected chi connectivity index (χ1v) is 9.58. The molecule has 0 aliphatic carbocycles. The Hall–Kier alpha value is -3.12. The minimum atomic E-state index is -0.375. The fraction of sp³-hybridized carbons (Fsp3) is 0.227. The molecule has 0 radical (unpaired) electrons. The Kier molecular flexibility index (Phi) is 4.33. The summed E-state index contributed by atoms with van der Waals surface area (Å²) in [5, 5.41) is 6.70. The zero-order valence-corrected chi connectivity index (χ0v) is 15.4. The first kappa shape index (κ1) is 17.0. The smallest absolute Gasteiger partial charge is 0.165 e. The maximum atomic E-state index is 13.7. The number of piperidine rings is 1. The topological polar surface area (TPSA) is 54.4 Å². The molecular formula is C22H21FN4O. The molecule has 1 aliphatic heterocycles. The molecule has 0 saturated carbocycles. The number of nitrogens with zero attached hydrogens (tertiary/aromatic N) is 2. The van der Waals surface area contributed by atoms with Gasteiger partial charge in [0.05, 0.1) is 11.9 Å². The Balaban J connectivity index is 1.39. The summed E-state index contributed by atoms with van der Waals surface area (Å²) in [6.45, 7) is 2.11. The SMILES string of the molecule is Fc1ccccc1Oc1ccc(-c2cn3[nH]cc(C4CCNCC4)c3n2)cc1. The van der Waals surface area contributed by atoms with Crippen LogP contribution in [0.15, 0.2) is 60.9 Å². The van der Waals surface area contributed by atoms with Crippen molar-refractivity contribution < 1.29 is 9.13 Å². The van der Waals surface area contributed by atoms with Crippen LogP contribution in [0.4, 0.5) is 4.39 Å². The lowest BCUT2D eigenvalue weighted by Crippen LogP contribution is -2.26. The summed E-state index contributed by atoms with van der Waals surface area (Å²) in [7, 11) is 0. The molecule has 0 spiro atoms. The Morgan fingerprint density at radius 1 is 1.04 bits per heavy atom. The van der Waals surface area contributed by atoms with Gasteiger partial charge in [0.15, 0.2) is 17.2 Å². The number of aromatic amines is 1. The van der Waals surface area contributed by atoms with E-state index in [9.17, 15) is 4.39 Å². The van der Waals surface area contributed by atoms with Gasteiger partial charge in [0.1, 0.15) is 5.75 Å². The van der Waals surface area contributed by atoms with Gasteiger partial charge in [-0.25, -0.2) is 13.9 Å². The third-order valence-corrected chi connectivity index (χ3v) is 5.32. The summed E-state index contributed by atoms with van der Waals surface area (Å²) in [6, 6.07) is 14.0. The molecule has 1 saturated heterocycles. The van der Waals surface area contributed by atoms with E-state index in [0.29, 0.717) is 11.7 Å². The number of H-pyrrole nitrogens is 1. The van der Waals surface area contributed by atoms with Crippen LogP contribution in [0.3, 0.4) is 0 Å². The van der Waals surface area contributed by atoms with Crippen LogP contribution in [0.25, 0.3) is 16.9 Å². The van der Waals surface area contributed by atoms with Gasteiger partial charge in [0, 0.05) is 17.3 Å². The maximum absolute atomic E-state index is 13.7. The van der Waals surface area contributed by atoms with Gasteiger partial charge in [-0.05, 0) is 68.2 Å². The predicted octanol–water partition coefficient (Wildman–Crippen LogP) is 4.73. The molecule has 3 heterocycles. The minimum absolute atomic E-state index is 0.220. The van der Waals surface area contributed by atoms with Gasteiger partial charge in [-0.15, -0.1) is 0 Å². The number of para-hydroxylation sites is 1. The second kappa shape index (κ2) is 7.13. The number of halogens is 1. The number of ether oxygens (including phenoxy) is 1. The number of aromatic nitrogens is 3. The highest BCUT2D eigenvalue weighted by Gasteiger charge is 2.20. The molecule has 6 heteroatoms. The number of benzene rings is 2. The normalized spacial score (nSPS) is 15.2. The third-order valence-electron chi connectivity index (χ3n) is 5.32. The second-order valence-electron chi connectivity index (χ2n) is 7.13. The zero-order valence-electron chi connectivity index (χ0n) is 15.4. The minimum Gasteiger partial charge on any atom is -0.454 e. The molecule has 1 aliphatic rings. The fourth-order valence-electron chi connectivity index (χ4n) is 3.81. The van der Waals surface area contributed by atoms with Gasteiger partial charge in [-0.3, -0.25) is 5.10 Å². The van der Waals surface area contributed by atoms with Gasteiger partial charge in [0.25, 0.3) is 0 Å². The number of hydrogen-bond acceptors (Lipinski definition) is 3. The molecule has 0 amide bonds. The molecule has 5 rings (SSSR count). The average Bonchev–Trinajstić information content (AvgIpc) is 3.32. The highest BCUT2D eigenvalue weighted by Crippen LogP contribution is 2.31. The molecule has 142 valence electrons. The summed E-state index contributed by atoms with van der Waals surface area (Å²) < 4.78 is 21.4. The Morgan fingerprint density at radius 3 is 2.61 bits per heavy atom. The van der Waals surface area contributed by atoms with Gasteiger partial charge in [0.2, 0.25) is 0 Å². The number of hydrogen-bond donors (Lipinski definition) is 2. The third kappa shape index (κ3) is 3.16. The van der Waals surface area contributed by atoms with Crippen LogP contribution < -0.4 is 10.1 Å². The van der Waals surface area contributed by atoms with E-state index in [4.69, 9.17) is 9.72 Å². The van der Waals surface area contributed by atoms with Crippen LogP contribution >= 0.6 is 0 Å². The van der Waals surface area contributed by atoms with Crippen molar-refractivity contribution in [1.82, 2.24) is 19.9 Å². The second-order valence-corrected chi connectivity index (χ2v) is 7.13. The molecule has 4 aromatic rings. The predicted molar refractivity (Wildman–Crippen MR) is 106 cm³/mol. The lowest BCUT2D eigenvalue weighted by molar-refractivity contribution is 0.442. The van der Waals surface area contributed by atoms with Gasteiger partial charge >= 0.3 is 0 Å². The average molecular weight is 376 g/mol. The van der Waals surface area contributed by atoms with E-state index in [0.717, 1.165) is 42.8 Å². The molecule has 2 N–H and O–H groups in total. The lowest BCUT2D eigenvalue weighted by atomic mass is 9.92. The fourth-order valence-corrected chi connectivity index (χ4v) is 3.81. The van der Waals surface area contributed by atoms with Gasteiger partial charge in [-0.2, -0.15) is 0 Å². The monoisotopic (exact) mass is 376 g/mol. The molecule has 0 atom stereocenters. The van der Waals surface area contributed by atoms with E-state index in [1.165, 1.54) is 11.6 Å². The van der Waals surface area contributed by atoms with Crippen LogP contribution in [0.1, 0.15) is 24.3 Å². The van der Waals surface area contributed by atoms with Crippen molar-refractivity contribution in [2.45, 2.75) is 18.8 Å². The van der Waals surface area contributed by atoms with E-state index in [2.05, 4.69) is 16.6 Å². The quantitative estimate of drug-likeness (QED) is 0.541. The molecule has 2 aromatic carbocycles. The van der Waals surface area contributed by atoms with Gasteiger partial charge < -0.3 is 10.1 Å². The van der Waals surface area contributed by atoms with Crippen LogP contribution in [0.2, 0.25) is 0 Å². The summed E-state index contributed by atoms with van der Waals surface area (Å²) >= 11 is 0. The van der Waals surface area contributed by atoms with Crippen LogP contribution in [0.5, 0.6) is 11.5 Å². The van der Waals surface area contributed by atoms with E-state index in [1.54, 1.807) is 18.2 Å². The van der Waals surface area contributed by atoms with Crippen molar-refractivity contribution in [1.29, 1.82) is 0 Å². The molecule has 5 nitrogen and oxygen atoms in total. The van der Waals surface area contributed by atoms with Gasteiger partial charge in [-0.1, -0.05) is 12.1 Å². The number of nitrogens with one attached hydrogen (secondary N) is 2. The maximum Gasteiger partial charge on any atom is 0.165 e. The number of fused-ring (bicyclic) bond motifs is 1. The van der Waals surface area contributed by atoms with Crippen molar-refractivity contribution in [2.75, 3.05) is 13.1 Å². The summed E-state index contributed by atoms with van der Waals surface area (Å²) in [4.78, 5) is 4.86. The molecular weight excluding hydrogens is 355 g/mol. The summed E-state index contributed by atoms with van der Waals surface area (Å²) in [5.74, 6) is 0.980. The molecule has 0 bridgehead atoms. The highest BCUT2D eigenvalue weighted by atomic mass is 19.1. The molecule has 1 fully saturated rings. The van der Waals surface area contributed by atoms with Crippen LogP contribution in [0, 0.1) is 5.82 Å². The molecule has 2 aromatic heterocycles. The first-order chi connectivity index (χ1) is 13.8. The van der Waals surface area contributed by atoms with Crippen molar-refractivity contribution in [3.05, 3.63) is 72.3 Å². The standard InChI is InChI=1S/C22H21FN4O/c23-19-3-1-2-4-21(19)28-17-7-5-16(6-8-17)20-14-27-22(26-20)18(13-25-27)15-9-11-24-12-10-15/h1-8,13-15,24-25H,9-12H2. The molecule has 0 unspecified atom stereocenters. The van der Waals surface area contributed by atoms with E-state index >= 15 is 0 Å². The molecule has 28 heavy (non-hydrogen) atoms. The van der Waals surface area contributed by atoms with Crippen molar-refractivity contribution in [2.24, 2.45) is 0 Å². The van der Waals surface area contributed by atoms with Crippen molar-refractivity contribution in [3.63, 3.8) is 0 Å². The van der Waals surface area contributed by atoms with E-state index in [1.807, 2.05) is 35.0 Å². The van der Waals surface area contributed by atoms with Crippen LogP contribution in [-0.2, 0) is 0 Å². The zero-order chi connectivity index (χ0) is 18.9. The number of rotatable bonds is 4.